The van der Waals surface area contributed by atoms with Gasteiger partial charge in [0.15, 0.2) is 0 Å². The Hall–Kier alpha value is -1.53. The fourth-order valence-corrected chi connectivity index (χ4v) is 4.49. The number of nitrogens with zero attached hydrogens (tertiary/aromatic N) is 2. The van der Waals surface area contributed by atoms with Gasteiger partial charge in [0, 0.05) is 37.7 Å². The maximum absolute atomic E-state index is 13.3. The largest absolute Gasteiger partial charge is 0.369 e. The zero-order valence-corrected chi connectivity index (χ0v) is 14.7. The third-order valence-corrected chi connectivity index (χ3v) is 5.84. The highest BCUT2D eigenvalue weighted by atomic mass is 32.2. The summed E-state index contributed by atoms with van der Waals surface area (Å²) in [6.07, 6.45) is 1.63. The minimum absolute atomic E-state index is 0.110. The lowest BCUT2D eigenvalue weighted by Gasteiger charge is -2.39. The first-order valence-corrected chi connectivity index (χ1v) is 9.77. The quantitative estimate of drug-likeness (QED) is 0.896. The van der Waals surface area contributed by atoms with Gasteiger partial charge in [-0.1, -0.05) is 30.3 Å². The van der Waals surface area contributed by atoms with Gasteiger partial charge >= 0.3 is 0 Å². The summed E-state index contributed by atoms with van der Waals surface area (Å²) in [6.45, 7) is 3.01. The highest BCUT2D eigenvalue weighted by Crippen LogP contribution is 2.28. The summed E-state index contributed by atoms with van der Waals surface area (Å²) in [6, 6.07) is 9.74. The van der Waals surface area contributed by atoms with Gasteiger partial charge in [-0.05, 0) is 18.4 Å². The molecule has 0 spiro atoms. The van der Waals surface area contributed by atoms with Gasteiger partial charge in [-0.25, -0.2) is 0 Å². The first-order chi connectivity index (χ1) is 11.7. The molecule has 2 amide bonds. The minimum atomic E-state index is -0.293. The van der Waals surface area contributed by atoms with Gasteiger partial charge in [0.25, 0.3) is 0 Å². The van der Waals surface area contributed by atoms with E-state index in [4.69, 9.17) is 5.73 Å². The van der Waals surface area contributed by atoms with Crippen molar-refractivity contribution in [3.63, 3.8) is 0 Å². The second-order valence-electron chi connectivity index (χ2n) is 6.49. The Morgan fingerprint density at radius 1 is 1.12 bits per heavy atom. The number of likely N-dealkylation sites (tertiary alicyclic amines) is 1. The van der Waals surface area contributed by atoms with Crippen LogP contribution in [0.3, 0.4) is 0 Å². The van der Waals surface area contributed by atoms with E-state index in [9.17, 15) is 9.59 Å². The van der Waals surface area contributed by atoms with E-state index in [1.807, 2.05) is 47.0 Å². The molecule has 2 atom stereocenters. The summed E-state index contributed by atoms with van der Waals surface area (Å²) >= 11 is 1.94. The number of carbonyl (C=O) groups excluding carboxylic acids is 2. The molecular formula is C18H25N3O2S. The highest BCUT2D eigenvalue weighted by molar-refractivity contribution is 7.99. The van der Waals surface area contributed by atoms with E-state index in [1.54, 1.807) is 0 Å². The van der Waals surface area contributed by atoms with E-state index in [0.717, 1.165) is 43.0 Å². The molecule has 0 saturated carbocycles. The van der Waals surface area contributed by atoms with E-state index in [1.165, 1.54) is 0 Å². The zero-order chi connectivity index (χ0) is 16.9. The SMILES string of the molecule is NC(=O)[C@H]1CCCN(C(=O)[C@H](c2ccccc2)N2CCSCC2)C1. The van der Waals surface area contributed by atoms with Crippen molar-refractivity contribution in [3.8, 4) is 0 Å². The zero-order valence-electron chi connectivity index (χ0n) is 13.9. The Bertz CT molecular complexity index is 575. The fraction of sp³-hybridized carbons (Fsp3) is 0.556. The summed E-state index contributed by atoms with van der Waals surface area (Å²) in [7, 11) is 0. The van der Waals surface area contributed by atoms with Crippen LogP contribution in [-0.4, -0.2) is 59.3 Å². The summed E-state index contributed by atoms with van der Waals surface area (Å²) < 4.78 is 0. The fourth-order valence-electron chi connectivity index (χ4n) is 3.56. The third kappa shape index (κ3) is 3.92. The van der Waals surface area contributed by atoms with Crippen molar-refractivity contribution in [3.05, 3.63) is 35.9 Å². The lowest BCUT2D eigenvalue weighted by Crippen LogP contribution is -2.50. The molecule has 2 N–H and O–H groups in total. The minimum Gasteiger partial charge on any atom is -0.369 e. The van der Waals surface area contributed by atoms with Gasteiger partial charge in [0.2, 0.25) is 11.8 Å². The summed E-state index contributed by atoms with van der Waals surface area (Å²) in [5.41, 5.74) is 6.51. The van der Waals surface area contributed by atoms with Crippen LogP contribution in [0.15, 0.2) is 30.3 Å². The molecule has 2 fully saturated rings. The van der Waals surface area contributed by atoms with Crippen LogP contribution in [0.2, 0.25) is 0 Å². The van der Waals surface area contributed by atoms with Crippen molar-refractivity contribution in [2.45, 2.75) is 18.9 Å². The molecule has 0 unspecified atom stereocenters. The van der Waals surface area contributed by atoms with Crippen molar-refractivity contribution in [1.82, 2.24) is 9.80 Å². The van der Waals surface area contributed by atoms with E-state index in [-0.39, 0.29) is 23.8 Å². The van der Waals surface area contributed by atoms with Gasteiger partial charge in [-0.3, -0.25) is 14.5 Å². The molecule has 1 aromatic carbocycles. The second-order valence-corrected chi connectivity index (χ2v) is 7.71. The molecule has 130 valence electrons. The lowest BCUT2D eigenvalue weighted by atomic mass is 9.95. The smallest absolute Gasteiger partial charge is 0.244 e. The number of hydrogen-bond acceptors (Lipinski definition) is 4. The molecule has 0 bridgehead atoms. The van der Waals surface area contributed by atoms with E-state index >= 15 is 0 Å². The molecule has 3 rings (SSSR count). The second kappa shape index (κ2) is 8.03. The van der Waals surface area contributed by atoms with Crippen LogP contribution in [-0.2, 0) is 9.59 Å². The van der Waals surface area contributed by atoms with Crippen molar-refractivity contribution >= 4 is 23.6 Å². The molecule has 0 aromatic heterocycles. The standard InChI is InChI=1S/C18H25N3O2S/c19-17(22)15-7-4-8-21(13-15)18(23)16(14-5-2-1-3-6-14)20-9-11-24-12-10-20/h1-3,5-6,15-16H,4,7-13H2,(H2,19,22)/t15-,16-/m0/s1. The van der Waals surface area contributed by atoms with Gasteiger partial charge in [0.1, 0.15) is 6.04 Å². The van der Waals surface area contributed by atoms with E-state index in [2.05, 4.69) is 4.90 Å². The van der Waals surface area contributed by atoms with Gasteiger partial charge < -0.3 is 10.6 Å². The maximum atomic E-state index is 13.3. The van der Waals surface area contributed by atoms with Gasteiger partial charge in [0.05, 0.1) is 5.92 Å². The summed E-state index contributed by atoms with van der Waals surface area (Å²) in [5.74, 6) is 1.72. The molecule has 24 heavy (non-hydrogen) atoms. The average molecular weight is 347 g/mol. The first kappa shape index (κ1) is 17.3. The van der Waals surface area contributed by atoms with Crippen LogP contribution in [0.5, 0.6) is 0 Å². The van der Waals surface area contributed by atoms with Crippen LogP contribution in [0.25, 0.3) is 0 Å². The van der Waals surface area contributed by atoms with Gasteiger partial charge in [-0.15, -0.1) is 0 Å². The number of hydrogen-bond donors (Lipinski definition) is 1. The average Bonchev–Trinajstić information content (AvgIpc) is 2.64. The Morgan fingerprint density at radius 2 is 1.83 bits per heavy atom. The highest BCUT2D eigenvalue weighted by Gasteiger charge is 2.35. The molecule has 1 aromatic rings. The normalized spacial score (nSPS) is 23.7. The Labute approximate surface area is 147 Å². The lowest BCUT2D eigenvalue weighted by molar-refractivity contribution is -0.140. The van der Waals surface area contributed by atoms with Crippen LogP contribution in [0.1, 0.15) is 24.4 Å². The molecule has 2 aliphatic rings. The number of rotatable bonds is 4. The van der Waals surface area contributed by atoms with Crippen LogP contribution in [0, 0.1) is 5.92 Å². The Balaban J connectivity index is 1.81. The Kier molecular flexibility index (Phi) is 5.79. The predicted molar refractivity (Wildman–Crippen MR) is 96.6 cm³/mol. The molecule has 2 saturated heterocycles. The number of benzene rings is 1. The molecule has 0 aliphatic carbocycles. The molecule has 0 radical (unpaired) electrons. The van der Waals surface area contributed by atoms with Crippen LogP contribution >= 0.6 is 11.8 Å². The van der Waals surface area contributed by atoms with Crippen LogP contribution in [0.4, 0.5) is 0 Å². The molecule has 6 heteroatoms. The van der Waals surface area contributed by atoms with Crippen molar-refractivity contribution in [2.24, 2.45) is 11.7 Å². The van der Waals surface area contributed by atoms with Gasteiger partial charge in [-0.2, -0.15) is 11.8 Å². The summed E-state index contributed by atoms with van der Waals surface area (Å²) in [4.78, 5) is 29.0. The number of amides is 2. The number of thioether (sulfide) groups is 1. The predicted octanol–water partition coefficient (Wildman–Crippen LogP) is 1.50. The number of piperidine rings is 1. The van der Waals surface area contributed by atoms with Crippen molar-refractivity contribution < 1.29 is 9.59 Å². The monoisotopic (exact) mass is 347 g/mol. The Morgan fingerprint density at radius 3 is 2.50 bits per heavy atom. The number of nitrogens with two attached hydrogens (primary N) is 1. The molecule has 2 heterocycles. The first-order valence-electron chi connectivity index (χ1n) is 8.61. The van der Waals surface area contributed by atoms with Crippen molar-refractivity contribution in [2.75, 3.05) is 37.7 Å². The summed E-state index contributed by atoms with van der Waals surface area (Å²) in [5, 5.41) is 0. The third-order valence-electron chi connectivity index (χ3n) is 4.90. The van der Waals surface area contributed by atoms with Crippen molar-refractivity contribution in [1.29, 1.82) is 0 Å². The maximum Gasteiger partial charge on any atom is 0.244 e. The van der Waals surface area contributed by atoms with E-state index < -0.39 is 0 Å². The topological polar surface area (TPSA) is 66.6 Å². The van der Waals surface area contributed by atoms with E-state index in [0.29, 0.717) is 13.1 Å². The number of carbonyl (C=O) groups is 2. The molecule has 5 nitrogen and oxygen atoms in total. The van der Waals surface area contributed by atoms with Crippen LogP contribution < -0.4 is 5.73 Å². The molecular weight excluding hydrogens is 322 g/mol. The molecule has 2 aliphatic heterocycles. The number of primary amides is 1.